The van der Waals surface area contributed by atoms with Crippen molar-refractivity contribution < 1.29 is 9.18 Å². The molecule has 0 aliphatic carbocycles. The number of hydrogen-bond donors (Lipinski definition) is 1. The normalized spacial score (nSPS) is 12.1. The highest BCUT2D eigenvalue weighted by molar-refractivity contribution is 5.75. The first-order chi connectivity index (χ1) is 15.5. The summed E-state index contributed by atoms with van der Waals surface area (Å²) in [6.07, 6.45) is 4.69. The van der Waals surface area contributed by atoms with Gasteiger partial charge in [0, 0.05) is 31.8 Å². The van der Waals surface area contributed by atoms with E-state index >= 15 is 0 Å². The van der Waals surface area contributed by atoms with Crippen molar-refractivity contribution >= 4 is 11.6 Å². The number of aromatic nitrogens is 4. The lowest BCUT2D eigenvalue weighted by Crippen LogP contribution is -2.27. The predicted molar refractivity (Wildman–Crippen MR) is 119 cm³/mol. The Balaban J connectivity index is 1.35. The van der Waals surface area contributed by atoms with Crippen LogP contribution in [0.5, 0.6) is 0 Å². The zero-order valence-electron chi connectivity index (χ0n) is 17.7. The van der Waals surface area contributed by atoms with Crippen LogP contribution in [0.4, 0.5) is 4.39 Å². The van der Waals surface area contributed by atoms with Crippen LogP contribution in [0.2, 0.25) is 0 Å². The van der Waals surface area contributed by atoms with E-state index in [9.17, 15) is 14.0 Å². The van der Waals surface area contributed by atoms with Gasteiger partial charge in [0.15, 0.2) is 0 Å². The molecule has 32 heavy (non-hydrogen) atoms. The molecule has 164 valence electrons. The SMILES string of the molecule is C[C@@H](CNC(=O)CCCc1nnc2c(=O)n(-c3cccc(F)c3)ccn12)c1ccccc1. The Kier molecular flexibility index (Phi) is 6.39. The number of halogens is 1. The Hall–Kier alpha value is -3.81. The molecule has 4 aromatic rings. The standard InChI is InChI=1S/C24H24FN5O2/c1-17(18-7-3-2-4-8-18)16-26-22(31)12-6-11-21-27-28-23-24(32)29(13-14-30(21)23)20-10-5-9-19(25)15-20/h2-5,7-10,13-15,17H,6,11-12,16H2,1H3,(H,26,31)/t17-/m0/s1. The van der Waals surface area contributed by atoms with Gasteiger partial charge in [-0.3, -0.25) is 18.6 Å². The largest absolute Gasteiger partial charge is 0.356 e. The summed E-state index contributed by atoms with van der Waals surface area (Å²) in [4.78, 5) is 25.0. The number of nitrogens with one attached hydrogen (secondary N) is 1. The van der Waals surface area contributed by atoms with Gasteiger partial charge in [-0.2, -0.15) is 0 Å². The number of benzene rings is 2. The maximum absolute atomic E-state index is 13.5. The minimum Gasteiger partial charge on any atom is -0.356 e. The van der Waals surface area contributed by atoms with Crippen LogP contribution in [-0.4, -0.2) is 31.6 Å². The summed E-state index contributed by atoms with van der Waals surface area (Å²) in [6, 6.07) is 15.8. The fourth-order valence-electron chi connectivity index (χ4n) is 3.60. The summed E-state index contributed by atoms with van der Waals surface area (Å²) in [5, 5.41) is 11.1. The molecule has 7 nitrogen and oxygen atoms in total. The molecule has 0 unspecified atom stereocenters. The molecule has 0 aliphatic heterocycles. The number of carbonyl (C=O) groups excluding carboxylic acids is 1. The second kappa shape index (κ2) is 9.55. The molecular weight excluding hydrogens is 409 g/mol. The Labute approximate surface area is 184 Å². The minimum absolute atomic E-state index is 0.0185. The van der Waals surface area contributed by atoms with E-state index in [1.54, 1.807) is 28.9 Å². The zero-order valence-corrected chi connectivity index (χ0v) is 17.7. The van der Waals surface area contributed by atoms with Crippen LogP contribution in [0.1, 0.15) is 37.1 Å². The van der Waals surface area contributed by atoms with Gasteiger partial charge in [-0.05, 0) is 36.1 Å². The quantitative estimate of drug-likeness (QED) is 0.463. The lowest BCUT2D eigenvalue weighted by Gasteiger charge is -2.13. The maximum Gasteiger partial charge on any atom is 0.300 e. The lowest BCUT2D eigenvalue weighted by molar-refractivity contribution is -0.121. The second-order valence-corrected chi connectivity index (χ2v) is 7.73. The van der Waals surface area contributed by atoms with E-state index in [1.807, 2.05) is 18.2 Å². The molecule has 1 N–H and O–H groups in total. The summed E-state index contributed by atoms with van der Waals surface area (Å²) in [5.74, 6) is 0.401. The highest BCUT2D eigenvalue weighted by Gasteiger charge is 2.13. The molecule has 0 saturated heterocycles. The zero-order chi connectivity index (χ0) is 22.5. The maximum atomic E-state index is 13.5. The van der Waals surface area contributed by atoms with Gasteiger partial charge in [0.05, 0.1) is 5.69 Å². The van der Waals surface area contributed by atoms with Crippen LogP contribution in [0.25, 0.3) is 11.3 Å². The second-order valence-electron chi connectivity index (χ2n) is 7.73. The van der Waals surface area contributed by atoms with E-state index in [4.69, 9.17) is 0 Å². The first-order valence-electron chi connectivity index (χ1n) is 10.6. The van der Waals surface area contributed by atoms with Gasteiger partial charge in [0.2, 0.25) is 11.6 Å². The third-order valence-electron chi connectivity index (χ3n) is 5.41. The molecule has 0 fully saturated rings. The fraction of sp³-hybridized carbons (Fsp3) is 0.250. The fourth-order valence-corrected chi connectivity index (χ4v) is 3.60. The van der Waals surface area contributed by atoms with E-state index < -0.39 is 5.82 Å². The number of carbonyl (C=O) groups is 1. The molecule has 8 heteroatoms. The van der Waals surface area contributed by atoms with Crippen molar-refractivity contribution in [2.75, 3.05) is 6.54 Å². The van der Waals surface area contributed by atoms with Crippen LogP contribution in [0.15, 0.2) is 71.8 Å². The van der Waals surface area contributed by atoms with Crippen LogP contribution in [-0.2, 0) is 11.2 Å². The van der Waals surface area contributed by atoms with Crippen LogP contribution < -0.4 is 10.9 Å². The van der Waals surface area contributed by atoms with Gasteiger partial charge >= 0.3 is 5.56 Å². The molecular formula is C24H24FN5O2. The molecule has 1 amide bonds. The molecule has 0 spiro atoms. The number of hydrogen-bond acceptors (Lipinski definition) is 4. The number of rotatable bonds is 8. The molecule has 0 radical (unpaired) electrons. The molecule has 4 rings (SSSR count). The molecule has 0 aliphatic rings. The Morgan fingerprint density at radius 2 is 1.91 bits per heavy atom. The topological polar surface area (TPSA) is 81.3 Å². The van der Waals surface area contributed by atoms with Crippen molar-refractivity contribution in [1.82, 2.24) is 24.5 Å². The monoisotopic (exact) mass is 433 g/mol. The van der Waals surface area contributed by atoms with E-state index in [1.165, 1.54) is 22.3 Å². The first-order valence-corrected chi connectivity index (χ1v) is 10.6. The minimum atomic E-state index is -0.423. The third-order valence-corrected chi connectivity index (χ3v) is 5.41. The Morgan fingerprint density at radius 1 is 1.09 bits per heavy atom. The molecule has 0 bridgehead atoms. The lowest BCUT2D eigenvalue weighted by atomic mass is 10.0. The van der Waals surface area contributed by atoms with Gasteiger partial charge in [0.1, 0.15) is 11.6 Å². The number of fused-ring (bicyclic) bond motifs is 1. The van der Waals surface area contributed by atoms with Crippen molar-refractivity contribution in [3.05, 3.63) is 94.5 Å². The molecule has 2 aromatic carbocycles. The van der Waals surface area contributed by atoms with E-state index in [0.29, 0.717) is 37.3 Å². The van der Waals surface area contributed by atoms with Gasteiger partial charge in [0.25, 0.3) is 0 Å². The van der Waals surface area contributed by atoms with E-state index in [2.05, 4.69) is 34.6 Å². The number of nitrogens with zero attached hydrogens (tertiary/aromatic N) is 4. The van der Waals surface area contributed by atoms with Crippen molar-refractivity contribution in [1.29, 1.82) is 0 Å². The summed E-state index contributed by atoms with van der Waals surface area (Å²) < 4.78 is 16.5. The highest BCUT2D eigenvalue weighted by Crippen LogP contribution is 2.13. The van der Waals surface area contributed by atoms with E-state index in [0.717, 1.165) is 0 Å². The molecule has 1 atom stereocenters. The molecule has 2 aromatic heterocycles. The molecule has 2 heterocycles. The average molecular weight is 433 g/mol. The summed E-state index contributed by atoms with van der Waals surface area (Å²) in [6.45, 7) is 2.66. The Morgan fingerprint density at radius 3 is 2.69 bits per heavy atom. The number of aryl methyl sites for hydroxylation is 1. The predicted octanol–water partition coefficient (Wildman–Crippen LogP) is 3.26. The third kappa shape index (κ3) is 4.74. The Bertz CT molecular complexity index is 1280. The smallest absolute Gasteiger partial charge is 0.300 e. The first kappa shape index (κ1) is 21.4. The average Bonchev–Trinajstić information content (AvgIpc) is 3.22. The van der Waals surface area contributed by atoms with Gasteiger partial charge < -0.3 is 5.32 Å². The van der Waals surface area contributed by atoms with Crippen molar-refractivity contribution in [3.63, 3.8) is 0 Å². The summed E-state index contributed by atoms with van der Waals surface area (Å²) in [5.41, 5.74) is 1.38. The van der Waals surface area contributed by atoms with Crippen molar-refractivity contribution in [2.45, 2.75) is 32.1 Å². The van der Waals surface area contributed by atoms with Crippen LogP contribution >= 0.6 is 0 Å². The summed E-state index contributed by atoms with van der Waals surface area (Å²) >= 11 is 0. The van der Waals surface area contributed by atoms with Crippen LogP contribution in [0.3, 0.4) is 0 Å². The van der Waals surface area contributed by atoms with Crippen molar-refractivity contribution in [3.8, 4) is 5.69 Å². The van der Waals surface area contributed by atoms with Gasteiger partial charge in [-0.25, -0.2) is 4.39 Å². The number of amides is 1. The summed E-state index contributed by atoms with van der Waals surface area (Å²) in [7, 11) is 0. The van der Waals surface area contributed by atoms with Crippen LogP contribution in [0, 0.1) is 5.82 Å². The highest BCUT2D eigenvalue weighted by atomic mass is 19.1. The molecule has 0 saturated carbocycles. The van der Waals surface area contributed by atoms with E-state index in [-0.39, 0.29) is 23.0 Å². The van der Waals surface area contributed by atoms with Gasteiger partial charge in [-0.1, -0.05) is 43.3 Å². The van der Waals surface area contributed by atoms with Crippen molar-refractivity contribution in [2.24, 2.45) is 0 Å². The van der Waals surface area contributed by atoms with Gasteiger partial charge in [-0.15, -0.1) is 10.2 Å².